The molecule has 1 aromatic heterocycles. The van der Waals surface area contributed by atoms with E-state index in [1.54, 1.807) is 18.2 Å². The van der Waals surface area contributed by atoms with Crippen molar-refractivity contribution in [3.8, 4) is 11.5 Å². The zero-order chi connectivity index (χ0) is 19.7. The second-order valence-electron chi connectivity index (χ2n) is 6.77. The molecule has 0 aliphatic carbocycles. The number of amides is 1. The van der Waals surface area contributed by atoms with Gasteiger partial charge in [-0.15, -0.1) is 10.2 Å². The fraction of sp³-hybridized carbons (Fsp3) is 0.368. The van der Waals surface area contributed by atoms with Crippen LogP contribution in [0.5, 0.6) is 11.5 Å². The fourth-order valence-electron chi connectivity index (χ4n) is 3.42. The maximum absolute atomic E-state index is 12.8. The third kappa shape index (κ3) is 3.73. The molecule has 2 aliphatic rings. The first-order valence-electron chi connectivity index (χ1n) is 9.01. The van der Waals surface area contributed by atoms with Crippen molar-refractivity contribution in [1.82, 2.24) is 10.2 Å². The fourth-order valence-corrected chi connectivity index (χ4v) is 3.52. The Morgan fingerprint density at radius 2 is 1.86 bits per heavy atom. The van der Waals surface area contributed by atoms with E-state index in [1.165, 1.54) is 6.92 Å². The standard InChI is InChI=1S/C19H19ClN4O4/c1-11(25)13-8-15-16(28-10-27-15)9-14(13)21-19(26)12-4-6-24(7-5-12)18-3-2-17(20)22-23-18/h2-3,8-9,12H,4-7,10H2,1H3,(H,21,26). The summed E-state index contributed by atoms with van der Waals surface area (Å²) < 4.78 is 10.7. The van der Waals surface area contributed by atoms with Gasteiger partial charge in [0.2, 0.25) is 12.7 Å². The Morgan fingerprint density at radius 3 is 2.50 bits per heavy atom. The van der Waals surface area contributed by atoms with Crippen LogP contribution < -0.4 is 19.7 Å². The smallest absolute Gasteiger partial charge is 0.231 e. The number of piperidine rings is 1. The number of nitrogens with zero attached hydrogens (tertiary/aromatic N) is 3. The minimum absolute atomic E-state index is 0.107. The highest BCUT2D eigenvalue weighted by Crippen LogP contribution is 2.37. The number of ether oxygens (including phenoxy) is 2. The molecule has 0 bridgehead atoms. The van der Waals surface area contributed by atoms with Crippen molar-refractivity contribution >= 4 is 34.8 Å². The average Bonchev–Trinajstić information content (AvgIpc) is 3.15. The normalized spacial score (nSPS) is 16.1. The second-order valence-corrected chi connectivity index (χ2v) is 7.16. The quantitative estimate of drug-likeness (QED) is 0.786. The van der Waals surface area contributed by atoms with Crippen LogP contribution in [0.15, 0.2) is 24.3 Å². The Bertz CT molecular complexity index is 911. The van der Waals surface area contributed by atoms with E-state index in [9.17, 15) is 9.59 Å². The van der Waals surface area contributed by atoms with Gasteiger partial charge in [0.1, 0.15) is 0 Å². The van der Waals surface area contributed by atoms with Crippen LogP contribution in [-0.4, -0.2) is 41.8 Å². The lowest BCUT2D eigenvalue weighted by Crippen LogP contribution is -2.38. The van der Waals surface area contributed by atoms with Crippen LogP contribution in [-0.2, 0) is 4.79 Å². The number of nitrogens with one attached hydrogen (secondary N) is 1. The number of fused-ring (bicyclic) bond motifs is 1. The van der Waals surface area contributed by atoms with Crippen LogP contribution in [0.4, 0.5) is 11.5 Å². The molecule has 8 nitrogen and oxygen atoms in total. The van der Waals surface area contributed by atoms with Crippen molar-refractivity contribution in [1.29, 1.82) is 0 Å². The number of benzene rings is 1. The molecule has 146 valence electrons. The highest BCUT2D eigenvalue weighted by Gasteiger charge is 2.27. The Kier molecular flexibility index (Phi) is 5.04. The topological polar surface area (TPSA) is 93.7 Å². The molecule has 1 aromatic carbocycles. The number of hydrogen-bond acceptors (Lipinski definition) is 7. The van der Waals surface area contributed by atoms with Gasteiger partial charge in [-0.3, -0.25) is 9.59 Å². The Morgan fingerprint density at radius 1 is 1.14 bits per heavy atom. The minimum Gasteiger partial charge on any atom is -0.454 e. The van der Waals surface area contributed by atoms with Crippen molar-refractivity contribution in [2.75, 3.05) is 30.1 Å². The molecule has 1 amide bonds. The number of rotatable bonds is 4. The molecule has 0 unspecified atom stereocenters. The summed E-state index contributed by atoms with van der Waals surface area (Å²) in [4.78, 5) is 26.8. The van der Waals surface area contributed by atoms with E-state index in [0.29, 0.717) is 53.8 Å². The minimum atomic E-state index is -0.151. The van der Waals surface area contributed by atoms with Gasteiger partial charge in [0.25, 0.3) is 0 Å². The maximum atomic E-state index is 12.8. The summed E-state index contributed by atoms with van der Waals surface area (Å²) in [6.45, 7) is 2.94. The van der Waals surface area contributed by atoms with Gasteiger partial charge < -0.3 is 19.7 Å². The molecule has 1 fully saturated rings. The number of Topliss-reactive ketones (excluding diaryl/α,β-unsaturated/α-hetero) is 1. The SMILES string of the molecule is CC(=O)c1cc2c(cc1NC(=O)C1CCN(c3ccc(Cl)nn3)CC1)OCO2. The van der Waals surface area contributed by atoms with Gasteiger partial charge in [0, 0.05) is 30.6 Å². The van der Waals surface area contributed by atoms with Crippen LogP contribution in [0.1, 0.15) is 30.1 Å². The first-order chi connectivity index (χ1) is 13.5. The van der Waals surface area contributed by atoms with E-state index < -0.39 is 0 Å². The number of carbonyl (C=O) groups excluding carboxylic acids is 2. The third-order valence-electron chi connectivity index (χ3n) is 4.96. The molecular weight excluding hydrogens is 384 g/mol. The predicted molar refractivity (Wildman–Crippen MR) is 103 cm³/mol. The summed E-state index contributed by atoms with van der Waals surface area (Å²) in [6, 6.07) is 6.78. The third-order valence-corrected chi connectivity index (χ3v) is 5.16. The first kappa shape index (κ1) is 18.5. The largest absolute Gasteiger partial charge is 0.454 e. The summed E-state index contributed by atoms with van der Waals surface area (Å²) in [5, 5.41) is 11.2. The van der Waals surface area contributed by atoms with Crippen molar-refractivity contribution in [2.24, 2.45) is 5.92 Å². The Labute approximate surface area is 166 Å². The van der Waals surface area contributed by atoms with Gasteiger partial charge in [-0.25, -0.2) is 0 Å². The molecule has 0 saturated carbocycles. The number of hydrogen-bond donors (Lipinski definition) is 1. The molecule has 9 heteroatoms. The lowest BCUT2D eigenvalue weighted by Gasteiger charge is -2.31. The van der Waals surface area contributed by atoms with Gasteiger partial charge in [-0.1, -0.05) is 11.6 Å². The molecule has 3 heterocycles. The molecule has 28 heavy (non-hydrogen) atoms. The van der Waals surface area contributed by atoms with Gasteiger partial charge in [0.05, 0.1) is 5.69 Å². The van der Waals surface area contributed by atoms with Crippen molar-refractivity contribution in [3.63, 3.8) is 0 Å². The van der Waals surface area contributed by atoms with E-state index in [4.69, 9.17) is 21.1 Å². The zero-order valence-electron chi connectivity index (χ0n) is 15.3. The second kappa shape index (κ2) is 7.63. The summed E-state index contributed by atoms with van der Waals surface area (Å²) in [6.07, 6.45) is 1.35. The average molecular weight is 403 g/mol. The van der Waals surface area contributed by atoms with E-state index in [-0.39, 0.29) is 24.4 Å². The van der Waals surface area contributed by atoms with E-state index in [1.807, 2.05) is 6.07 Å². The monoisotopic (exact) mass is 402 g/mol. The van der Waals surface area contributed by atoms with Crippen LogP contribution in [0, 0.1) is 5.92 Å². The maximum Gasteiger partial charge on any atom is 0.231 e. The summed E-state index contributed by atoms with van der Waals surface area (Å²) in [7, 11) is 0. The molecule has 0 spiro atoms. The van der Waals surface area contributed by atoms with Gasteiger partial charge in [-0.05, 0) is 38.0 Å². The summed E-state index contributed by atoms with van der Waals surface area (Å²) in [5.41, 5.74) is 0.860. The Balaban J connectivity index is 1.42. The number of halogens is 1. The molecule has 1 N–H and O–H groups in total. The molecule has 1 saturated heterocycles. The van der Waals surface area contributed by atoms with E-state index in [0.717, 1.165) is 5.82 Å². The van der Waals surface area contributed by atoms with Gasteiger partial charge in [0.15, 0.2) is 28.3 Å². The first-order valence-corrected chi connectivity index (χ1v) is 9.38. The van der Waals surface area contributed by atoms with Crippen molar-refractivity contribution in [3.05, 3.63) is 35.0 Å². The van der Waals surface area contributed by atoms with Gasteiger partial charge >= 0.3 is 0 Å². The van der Waals surface area contributed by atoms with E-state index in [2.05, 4.69) is 20.4 Å². The molecule has 0 atom stereocenters. The highest BCUT2D eigenvalue weighted by atomic mass is 35.5. The number of ketones is 1. The van der Waals surface area contributed by atoms with Crippen LogP contribution in [0.25, 0.3) is 0 Å². The predicted octanol–water partition coefficient (Wildman–Crippen LogP) is 2.92. The summed E-state index contributed by atoms with van der Waals surface area (Å²) >= 11 is 5.78. The summed E-state index contributed by atoms with van der Waals surface area (Å²) in [5.74, 6) is 1.38. The van der Waals surface area contributed by atoms with Crippen LogP contribution in [0.2, 0.25) is 5.15 Å². The van der Waals surface area contributed by atoms with Crippen molar-refractivity contribution in [2.45, 2.75) is 19.8 Å². The molecule has 2 aliphatic heterocycles. The molecule has 0 radical (unpaired) electrons. The molecule has 4 rings (SSSR count). The van der Waals surface area contributed by atoms with Crippen LogP contribution >= 0.6 is 11.6 Å². The zero-order valence-corrected chi connectivity index (χ0v) is 16.0. The lowest BCUT2D eigenvalue weighted by molar-refractivity contribution is -0.120. The van der Waals surface area contributed by atoms with Crippen LogP contribution in [0.3, 0.4) is 0 Å². The van der Waals surface area contributed by atoms with Crippen molar-refractivity contribution < 1.29 is 19.1 Å². The highest BCUT2D eigenvalue weighted by molar-refractivity contribution is 6.29. The van der Waals surface area contributed by atoms with Gasteiger partial charge in [-0.2, -0.15) is 0 Å². The lowest BCUT2D eigenvalue weighted by atomic mass is 9.95. The molecule has 2 aromatic rings. The Hall–Kier alpha value is -2.87. The van der Waals surface area contributed by atoms with E-state index >= 15 is 0 Å². The number of anilines is 2. The number of carbonyl (C=O) groups is 2. The molecular formula is C19H19ClN4O4. The number of aromatic nitrogens is 2.